The number of hydrogen-bond donors (Lipinski definition) is 1. The van der Waals surface area contributed by atoms with Crippen molar-refractivity contribution >= 4 is 15.7 Å². The molecule has 112 valence electrons. The Hall–Kier alpha value is -2.60. The van der Waals surface area contributed by atoms with Crippen LogP contribution in [0, 0.1) is 0 Å². The third kappa shape index (κ3) is 2.48. The van der Waals surface area contributed by atoms with Crippen LogP contribution in [0.2, 0.25) is 0 Å². The molecule has 5 nitrogen and oxygen atoms in total. The first-order valence-corrected chi connectivity index (χ1v) is 8.17. The molecule has 1 N–H and O–H groups in total. The highest BCUT2D eigenvalue weighted by Gasteiger charge is 2.24. The van der Waals surface area contributed by atoms with E-state index in [0.717, 1.165) is 11.1 Å². The fraction of sp³-hybridized carbons (Fsp3) is 0.0625. The Labute approximate surface area is 129 Å². The predicted molar refractivity (Wildman–Crippen MR) is 86.1 cm³/mol. The van der Waals surface area contributed by atoms with Gasteiger partial charge in [0.2, 0.25) is 0 Å². The first-order valence-electron chi connectivity index (χ1n) is 6.73. The van der Waals surface area contributed by atoms with Crippen molar-refractivity contribution in [1.29, 1.82) is 0 Å². The molecule has 3 rings (SSSR count). The van der Waals surface area contributed by atoms with Gasteiger partial charge in [0.1, 0.15) is 4.90 Å². The molecule has 0 spiro atoms. The molecule has 0 radical (unpaired) electrons. The SMILES string of the molecule is CN(c1ccccc1-c1ccccc1)S(=O)(=O)c1cn[nH]c1. The van der Waals surface area contributed by atoms with E-state index in [1.54, 1.807) is 13.1 Å². The van der Waals surface area contributed by atoms with Gasteiger partial charge in [-0.25, -0.2) is 8.42 Å². The topological polar surface area (TPSA) is 66.1 Å². The van der Waals surface area contributed by atoms with Gasteiger partial charge < -0.3 is 0 Å². The number of nitrogens with one attached hydrogen (secondary N) is 1. The van der Waals surface area contributed by atoms with Gasteiger partial charge in [-0.3, -0.25) is 9.40 Å². The quantitative estimate of drug-likeness (QED) is 0.805. The summed E-state index contributed by atoms with van der Waals surface area (Å²) in [5.41, 5.74) is 2.44. The average molecular weight is 313 g/mol. The second kappa shape index (κ2) is 5.65. The minimum absolute atomic E-state index is 0.137. The predicted octanol–water partition coefficient (Wildman–Crippen LogP) is 2.90. The molecule has 0 amide bonds. The molecule has 0 bridgehead atoms. The number of para-hydroxylation sites is 1. The lowest BCUT2D eigenvalue weighted by molar-refractivity contribution is 0.594. The van der Waals surface area contributed by atoms with Crippen molar-refractivity contribution in [3.05, 3.63) is 67.0 Å². The molecule has 0 atom stereocenters. The zero-order valence-corrected chi connectivity index (χ0v) is 12.8. The first kappa shape index (κ1) is 14.3. The smallest absolute Gasteiger partial charge is 0.267 e. The van der Waals surface area contributed by atoms with E-state index in [1.165, 1.54) is 16.7 Å². The third-order valence-corrected chi connectivity index (χ3v) is 5.20. The molecular weight excluding hydrogens is 298 g/mol. The van der Waals surface area contributed by atoms with Crippen LogP contribution in [0.3, 0.4) is 0 Å². The molecular formula is C16H15N3O2S. The zero-order chi connectivity index (χ0) is 15.6. The van der Waals surface area contributed by atoms with Crippen molar-refractivity contribution < 1.29 is 8.42 Å². The highest BCUT2D eigenvalue weighted by molar-refractivity contribution is 7.92. The number of anilines is 1. The van der Waals surface area contributed by atoms with Crippen LogP contribution in [0.25, 0.3) is 11.1 Å². The molecule has 3 aromatic rings. The fourth-order valence-corrected chi connectivity index (χ4v) is 3.40. The van der Waals surface area contributed by atoms with Gasteiger partial charge in [-0.05, 0) is 11.6 Å². The molecule has 0 aliphatic heterocycles. The van der Waals surface area contributed by atoms with Crippen molar-refractivity contribution in [3.63, 3.8) is 0 Å². The normalized spacial score (nSPS) is 11.3. The number of nitrogens with zero attached hydrogens (tertiary/aromatic N) is 2. The van der Waals surface area contributed by atoms with Gasteiger partial charge in [0, 0.05) is 18.8 Å². The number of rotatable bonds is 4. The van der Waals surface area contributed by atoms with Crippen LogP contribution in [0.1, 0.15) is 0 Å². The van der Waals surface area contributed by atoms with E-state index >= 15 is 0 Å². The number of hydrogen-bond acceptors (Lipinski definition) is 3. The maximum atomic E-state index is 12.6. The summed E-state index contributed by atoms with van der Waals surface area (Å²) in [4.78, 5) is 0.137. The summed E-state index contributed by atoms with van der Waals surface area (Å²) in [6.45, 7) is 0. The van der Waals surface area contributed by atoms with Crippen LogP contribution in [0.4, 0.5) is 5.69 Å². The maximum absolute atomic E-state index is 12.6. The van der Waals surface area contributed by atoms with Crippen molar-refractivity contribution in [2.75, 3.05) is 11.4 Å². The van der Waals surface area contributed by atoms with Gasteiger partial charge in [0.15, 0.2) is 0 Å². The van der Waals surface area contributed by atoms with E-state index < -0.39 is 10.0 Å². The van der Waals surface area contributed by atoms with Gasteiger partial charge in [0.05, 0.1) is 11.9 Å². The lowest BCUT2D eigenvalue weighted by atomic mass is 10.0. The minimum Gasteiger partial charge on any atom is -0.284 e. The molecule has 1 heterocycles. The van der Waals surface area contributed by atoms with Crippen LogP contribution < -0.4 is 4.31 Å². The standard InChI is InChI=1S/C16H15N3O2S/c1-19(22(20,21)14-11-17-18-12-14)16-10-6-5-9-15(16)13-7-3-2-4-8-13/h2-12H,1H3,(H,17,18). The van der Waals surface area contributed by atoms with Gasteiger partial charge in [0.25, 0.3) is 10.0 Å². The Morgan fingerprint density at radius 2 is 1.68 bits per heavy atom. The van der Waals surface area contributed by atoms with E-state index in [0.29, 0.717) is 5.69 Å². The van der Waals surface area contributed by atoms with Gasteiger partial charge in [-0.15, -0.1) is 0 Å². The van der Waals surface area contributed by atoms with E-state index in [1.807, 2.05) is 48.5 Å². The molecule has 1 aromatic heterocycles. The van der Waals surface area contributed by atoms with Crippen molar-refractivity contribution in [3.8, 4) is 11.1 Å². The third-order valence-electron chi connectivity index (χ3n) is 3.46. The Morgan fingerprint density at radius 1 is 1.00 bits per heavy atom. The molecule has 0 saturated carbocycles. The van der Waals surface area contributed by atoms with Gasteiger partial charge in [-0.1, -0.05) is 48.5 Å². The first-order chi connectivity index (χ1) is 10.6. The summed E-state index contributed by atoms with van der Waals surface area (Å²) in [6.07, 6.45) is 2.67. The summed E-state index contributed by atoms with van der Waals surface area (Å²) in [5.74, 6) is 0. The van der Waals surface area contributed by atoms with Gasteiger partial charge >= 0.3 is 0 Å². The van der Waals surface area contributed by atoms with Crippen LogP contribution in [-0.2, 0) is 10.0 Å². The van der Waals surface area contributed by atoms with Crippen molar-refractivity contribution in [2.45, 2.75) is 4.90 Å². The minimum atomic E-state index is -3.64. The second-order valence-electron chi connectivity index (χ2n) is 4.79. The highest BCUT2D eigenvalue weighted by atomic mass is 32.2. The lowest BCUT2D eigenvalue weighted by Gasteiger charge is -2.21. The number of aromatic nitrogens is 2. The number of sulfonamides is 1. The summed E-state index contributed by atoms with van der Waals surface area (Å²) in [7, 11) is -2.09. The van der Waals surface area contributed by atoms with E-state index in [9.17, 15) is 8.42 Å². The number of aromatic amines is 1. The fourth-order valence-electron chi connectivity index (χ4n) is 2.28. The molecule has 22 heavy (non-hydrogen) atoms. The molecule has 0 unspecified atom stereocenters. The molecule has 6 heteroatoms. The Kier molecular flexibility index (Phi) is 3.68. The maximum Gasteiger partial charge on any atom is 0.267 e. The molecule has 0 aliphatic carbocycles. The molecule has 0 saturated heterocycles. The van der Waals surface area contributed by atoms with Crippen LogP contribution in [0.5, 0.6) is 0 Å². The van der Waals surface area contributed by atoms with E-state index in [2.05, 4.69) is 10.2 Å². The molecule has 2 aromatic carbocycles. The second-order valence-corrected chi connectivity index (χ2v) is 6.76. The summed E-state index contributed by atoms with van der Waals surface area (Å²) < 4.78 is 26.6. The Bertz CT molecular complexity index is 859. The monoisotopic (exact) mass is 313 g/mol. The van der Waals surface area contributed by atoms with Crippen molar-refractivity contribution in [2.24, 2.45) is 0 Å². The zero-order valence-electron chi connectivity index (χ0n) is 12.0. The summed E-state index contributed by atoms with van der Waals surface area (Å²) in [5, 5.41) is 6.25. The Morgan fingerprint density at radius 3 is 2.36 bits per heavy atom. The van der Waals surface area contributed by atoms with E-state index in [-0.39, 0.29) is 4.90 Å². The Balaban J connectivity index is 2.10. The molecule has 0 fully saturated rings. The van der Waals surface area contributed by atoms with E-state index in [4.69, 9.17) is 0 Å². The highest BCUT2D eigenvalue weighted by Crippen LogP contribution is 2.32. The van der Waals surface area contributed by atoms with Crippen LogP contribution in [-0.4, -0.2) is 25.7 Å². The summed E-state index contributed by atoms with van der Waals surface area (Å²) in [6, 6.07) is 17.1. The van der Waals surface area contributed by atoms with Crippen LogP contribution in [0.15, 0.2) is 71.9 Å². The molecule has 0 aliphatic rings. The largest absolute Gasteiger partial charge is 0.284 e. The van der Waals surface area contributed by atoms with Gasteiger partial charge in [-0.2, -0.15) is 5.10 Å². The lowest BCUT2D eigenvalue weighted by Crippen LogP contribution is -2.26. The number of benzene rings is 2. The number of H-pyrrole nitrogens is 1. The van der Waals surface area contributed by atoms with Crippen LogP contribution >= 0.6 is 0 Å². The summed E-state index contributed by atoms with van der Waals surface area (Å²) >= 11 is 0. The average Bonchev–Trinajstić information content (AvgIpc) is 3.10. The van der Waals surface area contributed by atoms with Crippen molar-refractivity contribution in [1.82, 2.24) is 10.2 Å².